The highest BCUT2D eigenvalue weighted by Gasteiger charge is 1.97. The number of ether oxygens (including phenoxy) is 1. The molecule has 2 aromatic rings. The van der Waals surface area contributed by atoms with Crippen LogP contribution >= 0.6 is 0 Å². The summed E-state index contributed by atoms with van der Waals surface area (Å²) in [4.78, 5) is 4.14. The molecule has 0 aliphatic rings. The van der Waals surface area contributed by atoms with Gasteiger partial charge in [0.25, 0.3) is 0 Å². The van der Waals surface area contributed by atoms with Gasteiger partial charge in [-0.05, 0) is 23.3 Å². The molecule has 0 radical (unpaired) electrons. The molecule has 3 heteroatoms. The van der Waals surface area contributed by atoms with Crippen LogP contribution in [0.2, 0.25) is 0 Å². The lowest BCUT2D eigenvalue weighted by molar-refractivity contribution is 0.107. The van der Waals surface area contributed by atoms with E-state index in [9.17, 15) is 0 Å². The molecule has 0 bridgehead atoms. The summed E-state index contributed by atoms with van der Waals surface area (Å²) in [6.07, 6.45) is 1.77. The Morgan fingerprint density at radius 1 is 1.00 bits per heavy atom. The molecule has 0 unspecified atom stereocenters. The standard InChI is InChI=1S/C14H16N2O/c15-9-14-8-13(6-7-16-14)11-17-10-12-4-2-1-3-5-12/h1-8H,9-11,15H2. The lowest BCUT2D eigenvalue weighted by atomic mass is 10.2. The van der Waals surface area contributed by atoms with Crippen LogP contribution in [0.5, 0.6) is 0 Å². The van der Waals surface area contributed by atoms with Crippen molar-refractivity contribution in [3.63, 3.8) is 0 Å². The summed E-state index contributed by atoms with van der Waals surface area (Å²) >= 11 is 0. The number of benzene rings is 1. The largest absolute Gasteiger partial charge is 0.372 e. The molecular weight excluding hydrogens is 212 g/mol. The summed E-state index contributed by atoms with van der Waals surface area (Å²) in [5, 5.41) is 0. The molecule has 0 aliphatic heterocycles. The third-order valence-corrected chi connectivity index (χ3v) is 2.47. The zero-order chi connectivity index (χ0) is 11.9. The Bertz CT molecular complexity index is 457. The predicted octanol–water partition coefficient (Wildman–Crippen LogP) is 2.26. The first-order chi connectivity index (χ1) is 8.38. The number of hydrogen-bond acceptors (Lipinski definition) is 3. The van der Waals surface area contributed by atoms with Crippen molar-refractivity contribution < 1.29 is 4.74 Å². The van der Waals surface area contributed by atoms with Gasteiger partial charge in [-0.3, -0.25) is 4.98 Å². The van der Waals surface area contributed by atoms with Gasteiger partial charge in [0.2, 0.25) is 0 Å². The normalized spacial score (nSPS) is 10.4. The van der Waals surface area contributed by atoms with Crippen molar-refractivity contribution in [2.45, 2.75) is 19.8 Å². The van der Waals surface area contributed by atoms with E-state index >= 15 is 0 Å². The lowest BCUT2D eigenvalue weighted by Crippen LogP contribution is -2.01. The average molecular weight is 228 g/mol. The second-order valence-corrected chi connectivity index (χ2v) is 3.84. The van der Waals surface area contributed by atoms with E-state index in [2.05, 4.69) is 17.1 Å². The molecule has 2 N–H and O–H groups in total. The fourth-order valence-corrected chi connectivity index (χ4v) is 1.59. The van der Waals surface area contributed by atoms with Crippen LogP contribution in [-0.4, -0.2) is 4.98 Å². The highest BCUT2D eigenvalue weighted by atomic mass is 16.5. The second kappa shape index (κ2) is 6.13. The maximum atomic E-state index is 5.64. The van der Waals surface area contributed by atoms with E-state index in [1.807, 2.05) is 30.3 Å². The van der Waals surface area contributed by atoms with Crippen molar-refractivity contribution in [1.29, 1.82) is 0 Å². The van der Waals surface area contributed by atoms with Crippen LogP contribution in [0, 0.1) is 0 Å². The minimum Gasteiger partial charge on any atom is -0.372 e. The minimum absolute atomic E-state index is 0.465. The molecule has 1 aromatic heterocycles. The van der Waals surface area contributed by atoms with E-state index in [1.54, 1.807) is 6.20 Å². The van der Waals surface area contributed by atoms with E-state index in [1.165, 1.54) is 5.56 Å². The first-order valence-corrected chi connectivity index (χ1v) is 5.64. The van der Waals surface area contributed by atoms with Gasteiger partial charge in [0.05, 0.1) is 18.9 Å². The number of hydrogen-bond donors (Lipinski definition) is 1. The van der Waals surface area contributed by atoms with Crippen molar-refractivity contribution in [3.05, 3.63) is 65.5 Å². The second-order valence-electron chi connectivity index (χ2n) is 3.84. The van der Waals surface area contributed by atoms with E-state index in [0.29, 0.717) is 19.8 Å². The van der Waals surface area contributed by atoms with Gasteiger partial charge >= 0.3 is 0 Å². The fourth-order valence-electron chi connectivity index (χ4n) is 1.59. The highest BCUT2D eigenvalue weighted by Crippen LogP contribution is 2.06. The van der Waals surface area contributed by atoms with Gasteiger partial charge in [0.15, 0.2) is 0 Å². The van der Waals surface area contributed by atoms with Crippen LogP contribution in [0.3, 0.4) is 0 Å². The summed E-state index contributed by atoms with van der Waals surface area (Å²) in [5.41, 5.74) is 8.72. The number of pyridine rings is 1. The van der Waals surface area contributed by atoms with Gasteiger partial charge in [0, 0.05) is 12.7 Å². The number of nitrogens with zero attached hydrogens (tertiary/aromatic N) is 1. The highest BCUT2D eigenvalue weighted by molar-refractivity contribution is 5.16. The Morgan fingerprint density at radius 3 is 2.53 bits per heavy atom. The smallest absolute Gasteiger partial charge is 0.0722 e. The van der Waals surface area contributed by atoms with Crippen molar-refractivity contribution in [2.24, 2.45) is 5.73 Å². The van der Waals surface area contributed by atoms with Crippen LogP contribution < -0.4 is 5.73 Å². The topological polar surface area (TPSA) is 48.1 Å². The Morgan fingerprint density at radius 2 is 1.76 bits per heavy atom. The summed E-state index contributed by atoms with van der Waals surface area (Å²) in [7, 11) is 0. The SMILES string of the molecule is NCc1cc(COCc2ccccc2)ccn1. The van der Waals surface area contributed by atoms with Crippen molar-refractivity contribution in [1.82, 2.24) is 4.98 Å². The van der Waals surface area contributed by atoms with Crippen LogP contribution in [0.25, 0.3) is 0 Å². The van der Waals surface area contributed by atoms with Gasteiger partial charge in [-0.2, -0.15) is 0 Å². The van der Waals surface area contributed by atoms with Crippen molar-refractivity contribution >= 4 is 0 Å². The van der Waals surface area contributed by atoms with Gasteiger partial charge in [-0.1, -0.05) is 30.3 Å². The lowest BCUT2D eigenvalue weighted by Gasteiger charge is -2.05. The van der Waals surface area contributed by atoms with Gasteiger partial charge in [0.1, 0.15) is 0 Å². The summed E-state index contributed by atoms with van der Waals surface area (Å²) in [5.74, 6) is 0. The molecule has 0 atom stereocenters. The first kappa shape index (κ1) is 11.8. The van der Waals surface area contributed by atoms with Crippen LogP contribution in [-0.2, 0) is 24.5 Å². The molecule has 3 nitrogen and oxygen atoms in total. The Labute approximate surface area is 101 Å². The van der Waals surface area contributed by atoms with E-state index in [-0.39, 0.29) is 0 Å². The van der Waals surface area contributed by atoms with Gasteiger partial charge < -0.3 is 10.5 Å². The Kier molecular flexibility index (Phi) is 4.24. The maximum Gasteiger partial charge on any atom is 0.0722 e. The molecule has 1 aromatic carbocycles. The number of rotatable bonds is 5. The monoisotopic (exact) mass is 228 g/mol. The molecule has 1 heterocycles. The molecule has 0 aliphatic carbocycles. The molecule has 0 saturated carbocycles. The van der Waals surface area contributed by atoms with Crippen LogP contribution in [0.1, 0.15) is 16.8 Å². The maximum absolute atomic E-state index is 5.64. The van der Waals surface area contributed by atoms with Crippen molar-refractivity contribution in [2.75, 3.05) is 0 Å². The molecule has 88 valence electrons. The summed E-state index contributed by atoms with van der Waals surface area (Å²) in [6.45, 7) is 1.68. The molecule has 0 spiro atoms. The molecule has 0 amide bonds. The minimum atomic E-state index is 0.465. The van der Waals surface area contributed by atoms with Crippen molar-refractivity contribution in [3.8, 4) is 0 Å². The fraction of sp³-hybridized carbons (Fsp3) is 0.214. The molecule has 0 saturated heterocycles. The predicted molar refractivity (Wildman–Crippen MR) is 67.1 cm³/mol. The molecular formula is C14H16N2O. The third-order valence-electron chi connectivity index (χ3n) is 2.47. The van der Waals surface area contributed by atoms with Crippen LogP contribution in [0.4, 0.5) is 0 Å². The molecule has 2 rings (SSSR count). The van der Waals surface area contributed by atoms with Crippen LogP contribution in [0.15, 0.2) is 48.7 Å². The summed E-state index contributed by atoms with van der Waals surface area (Å²) in [6, 6.07) is 14.1. The number of nitrogens with two attached hydrogens (primary N) is 1. The Balaban J connectivity index is 1.86. The number of aromatic nitrogens is 1. The van der Waals surface area contributed by atoms with E-state index in [4.69, 9.17) is 10.5 Å². The molecule has 0 fully saturated rings. The quantitative estimate of drug-likeness (QED) is 0.854. The average Bonchev–Trinajstić information content (AvgIpc) is 2.40. The van der Waals surface area contributed by atoms with Gasteiger partial charge in [-0.25, -0.2) is 0 Å². The van der Waals surface area contributed by atoms with E-state index < -0.39 is 0 Å². The van der Waals surface area contributed by atoms with Gasteiger partial charge in [-0.15, -0.1) is 0 Å². The summed E-state index contributed by atoms with van der Waals surface area (Å²) < 4.78 is 5.64. The molecule has 17 heavy (non-hydrogen) atoms. The Hall–Kier alpha value is -1.71. The van der Waals surface area contributed by atoms with E-state index in [0.717, 1.165) is 11.3 Å². The third kappa shape index (κ3) is 3.66. The first-order valence-electron chi connectivity index (χ1n) is 5.64. The zero-order valence-electron chi connectivity index (χ0n) is 9.67. The zero-order valence-corrected chi connectivity index (χ0v) is 9.67.